The van der Waals surface area contributed by atoms with E-state index in [1.165, 1.54) is 30.3 Å². The molecule has 1 amide bonds. The van der Waals surface area contributed by atoms with Gasteiger partial charge in [0, 0.05) is 11.1 Å². The first-order chi connectivity index (χ1) is 14.8. The van der Waals surface area contributed by atoms with Crippen LogP contribution in [-0.4, -0.2) is 24.5 Å². The van der Waals surface area contributed by atoms with Crippen LogP contribution >= 0.6 is 23.2 Å². The molecule has 31 heavy (non-hydrogen) atoms. The van der Waals surface area contributed by atoms with Gasteiger partial charge < -0.3 is 5.32 Å². The molecule has 1 heterocycles. The van der Waals surface area contributed by atoms with Gasteiger partial charge in [0.25, 0.3) is 10.0 Å². The molecule has 0 spiro atoms. The van der Waals surface area contributed by atoms with Crippen molar-refractivity contribution in [2.24, 2.45) is 0 Å². The number of anilines is 2. The van der Waals surface area contributed by atoms with Crippen LogP contribution < -0.4 is 10.0 Å². The fourth-order valence-electron chi connectivity index (χ4n) is 3.01. The summed E-state index contributed by atoms with van der Waals surface area (Å²) in [7, 11) is -3.90. The normalized spacial score (nSPS) is 11.4. The minimum atomic E-state index is -3.90. The molecule has 7 nitrogen and oxygen atoms in total. The van der Waals surface area contributed by atoms with Gasteiger partial charge >= 0.3 is 0 Å². The van der Waals surface area contributed by atoms with E-state index < -0.39 is 10.0 Å². The number of nitrogens with zero attached hydrogens (tertiary/aromatic N) is 1. The molecular weight excluding hydrogens is 459 g/mol. The number of carbonyl (C=O) groups excluding carboxylic acids is 1. The van der Waals surface area contributed by atoms with Crippen molar-refractivity contribution in [1.82, 2.24) is 10.2 Å². The Balaban J connectivity index is 1.58. The number of sulfonamides is 1. The fraction of sp³-hybridized carbons (Fsp3) is 0.0476. The summed E-state index contributed by atoms with van der Waals surface area (Å²) in [6.45, 7) is 0. The van der Waals surface area contributed by atoms with E-state index in [0.29, 0.717) is 27.3 Å². The molecule has 0 aliphatic carbocycles. The maximum atomic E-state index is 12.8. The van der Waals surface area contributed by atoms with Gasteiger partial charge in [-0.2, -0.15) is 5.10 Å². The van der Waals surface area contributed by atoms with Crippen molar-refractivity contribution in [2.75, 3.05) is 10.0 Å². The summed E-state index contributed by atoms with van der Waals surface area (Å²) in [6, 6.07) is 18.0. The third-order valence-electron chi connectivity index (χ3n) is 4.48. The molecule has 4 aromatic rings. The van der Waals surface area contributed by atoms with E-state index in [2.05, 4.69) is 20.2 Å². The summed E-state index contributed by atoms with van der Waals surface area (Å²) < 4.78 is 28.2. The van der Waals surface area contributed by atoms with E-state index in [4.69, 9.17) is 23.2 Å². The molecule has 158 valence electrons. The summed E-state index contributed by atoms with van der Waals surface area (Å²) in [5.74, 6) is -0.251. The molecule has 0 aliphatic heterocycles. The zero-order chi connectivity index (χ0) is 22.0. The van der Waals surface area contributed by atoms with E-state index >= 15 is 0 Å². The van der Waals surface area contributed by atoms with Gasteiger partial charge in [0.05, 0.1) is 38.3 Å². The number of halogens is 2. The van der Waals surface area contributed by atoms with Crippen molar-refractivity contribution >= 4 is 61.4 Å². The number of carbonyl (C=O) groups is 1. The monoisotopic (exact) mass is 474 g/mol. The number of para-hydroxylation sites is 1. The Morgan fingerprint density at radius 1 is 0.935 bits per heavy atom. The van der Waals surface area contributed by atoms with Crippen LogP contribution in [0.3, 0.4) is 0 Å². The molecule has 4 rings (SSSR count). The number of hydrogen-bond donors (Lipinski definition) is 3. The molecule has 0 aliphatic rings. The largest absolute Gasteiger partial charge is 0.326 e. The SMILES string of the molecule is O=C(Cc1[nH]nc2ccc(S(=O)(=O)Nc3ccc(Cl)c(Cl)c3)cc12)Nc1ccccc1. The lowest BCUT2D eigenvalue weighted by Gasteiger charge is -2.09. The number of benzene rings is 3. The molecular formula is C21H16Cl2N4O3S. The van der Waals surface area contributed by atoms with Crippen molar-refractivity contribution < 1.29 is 13.2 Å². The number of nitrogens with one attached hydrogen (secondary N) is 3. The quantitative estimate of drug-likeness (QED) is 0.371. The van der Waals surface area contributed by atoms with E-state index in [1.54, 1.807) is 18.2 Å². The Hall–Kier alpha value is -3.07. The molecule has 1 aromatic heterocycles. The summed E-state index contributed by atoms with van der Waals surface area (Å²) in [5, 5.41) is 10.9. The third-order valence-corrected chi connectivity index (χ3v) is 6.60. The van der Waals surface area contributed by atoms with Crippen LogP contribution in [0.25, 0.3) is 10.9 Å². The molecule has 10 heteroatoms. The van der Waals surface area contributed by atoms with Crippen LogP contribution in [-0.2, 0) is 21.2 Å². The van der Waals surface area contributed by atoms with E-state index in [1.807, 2.05) is 18.2 Å². The van der Waals surface area contributed by atoms with Gasteiger partial charge in [0.2, 0.25) is 5.91 Å². The zero-order valence-corrected chi connectivity index (χ0v) is 18.2. The molecule has 3 N–H and O–H groups in total. The second-order valence-corrected chi connectivity index (χ2v) is 9.20. The number of fused-ring (bicyclic) bond motifs is 1. The van der Waals surface area contributed by atoms with Gasteiger partial charge in [0.15, 0.2) is 0 Å². The third kappa shape index (κ3) is 4.82. The van der Waals surface area contributed by atoms with Gasteiger partial charge in [0.1, 0.15) is 0 Å². The summed E-state index contributed by atoms with van der Waals surface area (Å²) in [5.41, 5.74) is 2.01. The highest BCUT2D eigenvalue weighted by Crippen LogP contribution is 2.27. The highest BCUT2D eigenvalue weighted by atomic mass is 35.5. The second kappa shape index (κ2) is 8.58. The smallest absolute Gasteiger partial charge is 0.261 e. The van der Waals surface area contributed by atoms with Crippen molar-refractivity contribution in [3.63, 3.8) is 0 Å². The molecule has 0 atom stereocenters. The molecule has 3 aromatic carbocycles. The average Bonchev–Trinajstić information content (AvgIpc) is 3.13. The molecule has 0 radical (unpaired) electrons. The van der Waals surface area contributed by atoms with Gasteiger partial charge in [-0.25, -0.2) is 8.42 Å². The maximum absolute atomic E-state index is 12.8. The van der Waals surface area contributed by atoms with Crippen molar-refractivity contribution in [1.29, 1.82) is 0 Å². The Bertz CT molecular complexity index is 1370. The Morgan fingerprint density at radius 2 is 1.71 bits per heavy atom. The predicted octanol–water partition coefficient (Wildman–Crippen LogP) is 4.85. The van der Waals surface area contributed by atoms with E-state index in [0.717, 1.165) is 0 Å². The number of amides is 1. The number of rotatable bonds is 6. The minimum Gasteiger partial charge on any atom is -0.326 e. The predicted molar refractivity (Wildman–Crippen MR) is 122 cm³/mol. The minimum absolute atomic E-state index is 0.00904. The Labute approximate surface area is 188 Å². The summed E-state index contributed by atoms with van der Waals surface area (Å²) in [4.78, 5) is 12.4. The first-order valence-corrected chi connectivity index (χ1v) is 11.4. The van der Waals surface area contributed by atoms with E-state index in [9.17, 15) is 13.2 Å². The van der Waals surface area contributed by atoms with Gasteiger partial charge in [-0.3, -0.25) is 14.6 Å². The van der Waals surface area contributed by atoms with Crippen LogP contribution in [0.15, 0.2) is 71.6 Å². The Morgan fingerprint density at radius 3 is 2.45 bits per heavy atom. The highest BCUT2D eigenvalue weighted by molar-refractivity contribution is 7.92. The highest BCUT2D eigenvalue weighted by Gasteiger charge is 2.18. The Kier molecular flexibility index (Phi) is 5.86. The number of aromatic nitrogens is 2. The van der Waals surface area contributed by atoms with Crippen LogP contribution in [0, 0.1) is 0 Å². The first-order valence-electron chi connectivity index (χ1n) is 9.11. The summed E-state index contributed by atoms with van der Waals surface area (Å²) >= 11 is 11.8. The number of hydrogen-bond acceptors (Lipinski definition) is 4. The zero-order valence-electron chi connectivity index (χ0n) is 15.9. The molecule has 0 bridgehead atoms. The molecule has 0 unspecified atom stereocenters. The van der Waals surface area contributed by atoms with Crippen LogP contribution in [0.4, 0.5) is 11.4 Å². The second-order valence-electron chi connectivity index (χ2n) is 6.71. The van der Waals surface area contributed by atoms with E-state index in [-0.39, 0.29) is 27.9 Å². The van der Waals surface area contributed by atoms with Gasteiger partial charge in [-0.15, -0.1) is 0 Å². The lowest BCUT2D eigenvalue weighted by molar-refractivity contribution is -0.115. The lowest BCUT2D eigenvalue weighted by atomic mass is 10.1. The average molecular weight is 475 g/mol. The maximum Gasteiger partial charge on any atom is 0.261 e. The lowest BCUT2D eigenvalue weighted by Crippen LogP contribution is -2.15. The van der Waals surface area contributed by atoms with Crippen molar-refractivity contribution in [3.05, 3.63) is 82.5 Å². The molecule has 0 saturated carbocycles. The molecule has 0 fully saturated rings. The van der Waals surface area contributed by atoms with Crippen molar-refractivity contribution in [2.45, 2.75) is 11.3 Å². The number of H-pyrrole nitrogens is 1. The first kappa shape index (κ1) is 21.2. The topological polar surface area (TPSA) is 104 Å². The standard InChI is InChI=1S/C21H16Cl2N4O3S/c22-17-8-6-14(10-18(17)23)27-31(29,30)15-7-9-19-16(11-15)20(26-25-19)12-21(28)24-13-4-2-1-3-5-13/h1-11,27H,12H2,(H,24,28)(H,25,26). The van der Waals surface area contributed by atoms with Crippen molar-refractivity contribution in [3.8, 4) is 0 Å². The van der Waals surface area contributed by atoms with Gasteiger partial charge in [-0.1, -0.05) is 41.4 Å². The summed E-state index contributed by atoms with van der Waals surface area (Å²) in [6.07, 6.45) is 0.00904. The van der Waals surface area contributed by atoms with Crippen LogP contribution in [0.5, 0.6) is 0 Å². The van der Waals surface area contributed by atoms with Gasteiger partial charge in [-0.05, 0) is 48.5 Å². The fourth-order valence-corrected chi connectivity index (χ4v) is 4.38. The van der Waals surface area contributed by atoms with Crippen LogP contribution in [0.2, 0.25) is 10.0 Å². The van der Waals surface area contributed by atoms with Crippen LogP contribution in [0.1, 0.15) is 5.69 Å². The molecule has 0 saturated heterocycles. The number of aromatic amines is 1.